The standard InChI is InChI=1S/C19H32O3/c1-12-4-5-15-17(22)16(7-9-18(12,15)2)19(3)8-6-14(21)10-13(19)11-20/h13-17,20-22H,1,4-11H2,2-3H3/t13?,14?,15?,16?,17-,18?,19?/m0/s1. The van der Waals surface area contributed by atoms with Crippen LogP contribution in [0.2, 0.25) is 0 Å². The summed E-state index contributed by atoms with van der Waals surface area (Å²) in [5, 5.41) is 30.9. The van der Waals surface area contributed by atoms with Crippen molar-refractivity contribution in [3.8, 4) is 0 Å². The number of aliphatic hydroxyl groups is 3. The van der Waals surface area contributed by atoms with E-state index in [0.717, 1.165) is 38.5 Å². The van der Waals surface area contributed by atoms with Crippen LogP contribution in [0.25, 0.3) is 0 Å². The van der Waals surface area contributed by atoms with Crippen LogP contribution in [0.3, 0.4) is 0 Å². The maximum Gasteiger partial charge on any atom is 0.0610 e. The van der Waals surface area contributed by atoms with E-state index in [4.69, 9.17) is 0 Å². The van der Waals surface area contributed by atoms with Crippen molar-refractivity contribution in [2.45, 2.75) is 71.0 Å². The summed E-state index contributed by atoms with van der Waals surface area (Å²) in [6, 6.07) is 0. The smallest absolute Gasteiger partial charge is 0.0610 e. The maximum atomic E-state index is 11.1. The first-order valence-corrected chi connectivity index (χ1v) is 8.98. The topological polar surface area (TPSA) is 60.7 Å². The Balaban J connectivity index is 1.85. The fraction of sp³-hybridized carbons (Fsp3) is 0.895. The summed E-state index contributed by atoms with van der Waals surface area (Å²) in [6.07, 6.45) is 6.00. The lowest BCUT2D eigenvalue weighted by Gasteiger charge is -2.55. The average Bonchev–Trinajstić information content (AvgIpc) is 2.78. The van der Waals surface area contributed by atoms with E-state index >= 15 is 0 Å². The van der Waals surface area contributed by atoms with Crippen molar-refractivity contribution in [1.29, 1.82) is 0 Å². The van der Waals surface area contributed by atoms with Gasteiger partial charge in [0.2, 0.25) is 0 Å². The largest absolute Gasteiger partial charge is 0.396 e. The van der Waals surface area contributed by atoms with Gasteiger partial charge < -0.3 is 15.3 Å². The number of aliphatic hydroxyl groups excluding tert-OH is 3. The lowest BCUT2D eigenvalue weighted by atomic mass is 9.52. The molecule has 7 atom stereocenters. The van der Waals surface area contributed by atoms with Crippen LogP contribution in [0.4, 0.5) is 0 Å². The predicted octanol–water partition coefficient (Wildman–Crippen LogP) is 2.89. The molecular formula is C19H32O3. The molecule has 0 bridgehead atoms. The van der Waals surface area contributed by atoms with Gasteiger partial charge in [0.05, 0.1) is 12.2 Å². The number of hydrogen-bond acceptors (Lipinski definition) is 3. The van der Waals surface area contributed by atoms with Crippen LogP contribution >= 0.6 is 0 Å². The molecule has 0 radical (unpaired) electrons. The van der Waals surface area contributed by atoms with Crippen molar-refractivity contribution in [2.75, 3.05) is 6.61 Å². The fourth-order valence-corrected chi connectivity index (χ4v) is 5.90. The monoisotopic (exact) mass is 308 g/mol. The molecule has 0 aromatic heterocycles. The Morgan fingerprint density at radius 1 is 1.09 bits per heavy atom. The molecule has 3 fully saturated rings. The van der Waals surface area contributed by atoms with Crippen molar-refractivity contribution in [3.05, 3.63) is 12.2 Å². The zero-order valence-electron chi connectivity index (χ0n) is 14.1. The van der Waals surface area contributed by atoms with Crippen molar-refractivity contribution >= 4 is 0 Å². The molecule has 3 aliphatic carbocycles. The number of fused-ring (bicyclic) bond motifs is 1. The Morgan fingerprint density at radius 2 is 1.82 bits per heavy atom. The van der Waals surface area contributed by atoms with Crippen molar-refractivity contribution in [2.24, 2.45) is 28.6 Å². The number of rotatable bonds is 2. The van der Waals surface area contributed by atoms with Gasteiger partial charge in [-0.1, -0.05) is 26.0 Å². The van der Waals surface area contributed by atoms with Crippen LogP contribution in [-0.4, -0.2) is 34.1 Å². The minimum atomic E-state index is -0.299. The van der Waals surface area contributed by atoms with E-state index in [9.17, 15) is 15.3 Å². The Labute approximate surface area is 134 Å². The van der Waals surface area contributed by atoms with E-state index in [1.54, 1.807) is 0 Å². The highest BCUT2D eigenvalue weighted by atomic mass is 16.3. The fourth-order valence-electron chi connectivity index (χ4n) is 5.90. The first-order valence-electron chi connectivity index (χ1n) is 8.98. The first kappa shape index (κ1) is 16.5. The summed E-state index contributed by atoms with van der Waals surface area (Å²) < 4.78 is 0. The summed E-state index contributed by atoms with van der Waals surface area (Å²) in [4.78, 5) is 0. The normalized spacial score (nSPS) is 52.6. The Hall–Kier alpha value is -0.380. The predicted molar refractivity (Wildman–Crippen MR) is 87.2 cm³/mol. The number of allylic oxidation sites excluding steroid dienone is 1. The molecular weight excluding hydrogens is 276 g/mol. The Bertz CT molecular complexity index is 448. The van der Waals surface area contributed by atoms with Gasteiger partial charge in [0.25, 0.3) is 0 Å². The molecule has 0 aromatic rings. The molecule has 0 heterocycles. The van der Waals surface area contributed by atoms with E-state index in [2.05, 4.69) is 20.4 Å². The molecule has 0 aliphatic heterocycles. The Kier molecular flexibility index (Phi) is 4.20. The van der Waals surface area contributed by atoms with Gasteiger partial charge in [-0.25, -0.2) is 0 Å². The summed E-state index contributed by atoms with van der Waals surface area (Å²) >= 11 is 0. The van der Waals surface area contributed by atoms with Gasteiger partial charge in [-0.3, -0.25) is 0 Å². The van der Waals surface area contributed by atoms with Crippen molar-refractivity contribution in [1.82, 2.24) is 0 Å². The lowest BCUT2D eigenvalue weighted by molar-refractivity contribution is -0.126. The van der Waals surface area contributed by atoms with E-state index in [1.165, 1.54) is 5.57 Å². The lowest BCUT2D eigenvalue weighted by Crippen LogP contribution is -2.53. The molecule has 0 aromatic carbocycles. The number of hydrogen-bond donors (Lipinski definition) is 3. The van der Waals surface area contributed by atoms with Gasteiger partial charge in [0, 0.05) is 6.61 Å². The van der Waals surface area contributed by atoms with Gasteiger partial charge in [-0.2, -0.15) is 0 Å². The van der Waals surface area contributed by atoms with Crippen LogP contribution < -0.4 is 0 Å². The van der Waals surface area contributed by atoms with Crippen LogP contribution in [0.1, 0.15) is 58.8 Å². The molecule has 3 aliphatic rings. The molecule has 0 saturated heterocycles. The van der Waals surface area contributed by atoms with Crippen molar-refractivity contribution in [3.63, 3.8) is 0 Å². The third-order valence-corrected chi connectivity index (χ3v) is 7.76. The molecule has 22 heavy (non-hydrogen) atoms. The quantitative estimate of drug-likeness (QED) is 0.687. The second kappa shape index (κ2) is 5.61. The Morgan fingerprint density at radius 3 is 2.50 bits per heavy atom. The molecule has 3 nitrogen and oxygen atoms in total. The van der Waals surface area contributed by atoms with E-state index in [1.807, 2.05) is 0 Å². The third-order valence-electron chi connectivity index (χ3n) is 7.76. The second-order valence-corrected chi connectivity index (χ2v) is 8.62. The van der Waals surface area contributed by atoms with Gasteiger partial charge in [-0.15, -0.1) is 0 Å². The van der Waals surface area contributed by atoms with E-state index in [0.29, 0.717) is 12.3 Å². The van der Waals surface area contributed by atoms with Gasteiger partial charge in [0.15, 0.2) is 0 Å². The highest BCUT2D eigenvalue weighted by Crippen LogP contribution is 2.61. The van der Waals surface area contributed by atoms with Crippen LogP contribution in [-0.2, 0) is 0 Å². The van der Waals surface area contributed by atoms with Crippen LogP contribution in [0, 0.1) is 28.6 Å². The maximum absolute atomic E-state index is 11.1. The third kappa shape index (κ3) is 2.28. The average molecular weight is 308 g/mol. The zero-order chi connectivity index (χ0) is 16.1. The highest BCUT2D eigenvalue weighted by molar-refractivity contribution is 5.21. The zero-order valence-corrected chi connectivity index (χ0v) is 14.1. The van der Waals surface area contributed by atoms with E-state index in [-0.39, 0.29) is 41.5 Å². The minimum Gasteiger partial charge on any atom is -0.396 e. The van der Waals surface area contributed by atoms with E-state index < -0.39 is 0 Å². The SMILES string of the molecule is C=C1CCC2[C@H](O)C(C3(C)CCC(O)CC3CO)CCC12C. The molecule has 0 amide bonds. The second-order valence-electron chi connectivity index (χ2n) is 8.62. The molecule has 126 valence electrons. The summed E-state index contributed by atoms with van der Waals surface area (Å²) in [6.45, 7) is 8.89. The summed E-state index contributed by atoms with van der Waals surface area (Å²) in [7, 11) is 0. The molecule has 3 rings (SSSR count). The molecule has 0 spiro atoms. The van der Waals surface area contributed by atoms with Crippen LogP contribution in [0.15, 0.2) is 12.2 Å². The van der Waals surface area contributed by atoms with Crippen LogP contribution in [0.5, 0.6) is 0 Å². The minimum absolute atomic E-state index is 0.0569. The van der Waals surface area contributed by atoms with Crippen molar-refractivity contribution < 1.29 is 15.3 Å². The summed E-state index contributed by atoms with van der Waals surface area (Å²) in [5.41, 5.74) is 1.37. The molecule has 3 saturated carbocycles. The summed E-state index contributed by atoms with van der Waals surface area (Å²) in [5.74, 6) is 0.660. The molecule has 6 unspecified atom stereocenters. The van der Waals surface area contributed by atoms with Gasteiger partial charge >= 0.3 is 0 Å². The molecule has 3 heteroatoms. The van der Waals surface area contributed by atoms with Gasteiger partial charge in [-0.05, 0) is 73.5 Å². The highest BCUT2D eigenvalue weighted by Gasteiger charge is 2.56. The van der Waals surface area contributed by atoms with Gasteiger partial charge in [0.1, 0.15) is 0 Å². The molecule has 3 N–H and O–H groups in total. The first-order chi connectivity index (χ1) is 10.3.